The number of aliphatic imine (C=N–C) groups is 1. The Labute approximate surface area is 153 Å². The molecule has 2 heterocycles. The second-order valence-corrected chi connectivity index (χ2v) is 8.11. The molecule has 144 valence electrons. The molecule has 0 aromatic rings. The van der Waals surface area contributed by atoms with Gasteiger partial charge in [-0.1, -0.05) is 13.8 Å². The van der Waals surface area contributed by atoms with Gasteiger partial charge >= 0.3 is 0 Å². The molecule has 0 spiro atoms. The maximum absolute atomic E-state index is 12.3. The number of carbonyl (C=O) groups is 1. The van der Waals surface area contributed by atoms with Gasteiger partial charge < -0.3 is 15.1 Å². The summed E-state index contributed by atoms with van der Waals surface area (Å²) in [6.45, 7) is 9.76. The van der Waals surface area contributed by atoms with Crippen LogP contribution in [0.3, 0.4) is 0 Å². The monoisotopic (exact) mass is 351 g/mol. The van der Waals surface area contributed by atoms with E-state index in [9.17, 15) is 4.79 Å². The summed E-state index contributed by atoms with van der Waals surface area (Å²) in [4.78, 5) is 23.2. The number of hydrogen-bond acceptors (Lipinski definition) is 3. The Kier molecular flexibility index (Phi) is 7.54. The zero-order valence-corrected chi connectivity index (χ0v) is 16.8. The van der Waals surface area contributed by atoms with Gasteiger partial charge in [-0.05, 0) is 44.1 Å². The molecule has 1 N–H and O–H groups in total. The van der Waals surface area contributed by atoms with Crippen LogP contribution >= 0.6 is 0 Å². The van der Waals surface area contributed by atoms with Crippen LogP contribution in [0.15, 0.2) is 4.99 Å². The third-order valence-corrected chi connectivity index (χ3v) is 5.37. The molecule has 1 amide bonds. The SMILES string of the molecule is CN=C(NCCCN1CCCC1C(=O)N(C)C)N1CC(C)CC(C)C1. The molecular formula is C19H37N5O. The third-order valence-electron chi connectivity index (χ3n) is 5.37. The molecule has 25 heavy (non-hydrogen) atoms. The van der Waals surface area contributed by atoms with E-state index in [1.807, 2.05) is 21.1 Å². The Balaban J connectivity index is 1.75. The number of likely N-dealkylation sites (N-methyl/N-ethyl adjacent to an activating group) is 1. The minimum Gasteiger partial charge on any atom is -0.356 e. The quantitative estimate of drug-likeness (QED) is 0.463. The molecule has 0 aliphatic carbocycles. The summed E-state index contributed by atoms with van der Waals surface area (Å²) < 4.78 is 0. The van der Waals surface area contributed by atoms with E-state index >= 15 is 0 Å². The Bertz CT molecular complexity index is 455. The standard InChI is InChI=1S/C19H37N5O/c1-15-12-16(2)14-24(13-15)19(20-3)21-9-7-11-23-10-6-8-17(23)18(25)22(4)5/h15-17H,6-14H2,1-5H3,(H,20,21). The Morgan fingerprint density at radius 3 is 2.52 bits per heavy atom. The maximum atomic E-state index is 12.3. The summed E-state index contributed by atoms with van der Waals surface area (Å²) in [7, 11) is 5.58. The normalized spacial score (nSPS) is 28.3. The fourth-order valence-electron chi connectivity index (χ4n) is 4.32. The highest BCUT2D eigenvalue weighted by atomic mass is 16.2. The lowest BCUT2D eigenvalue weighted by Crippen LogP contribution is -2.49. The van der Waals surface area contributed by atoms with Crippen molar-refractivity contribution >= 4 is 11.9 Å². The van der Waals surface area contributed by atoms with Gasteiger partial charge in [-0.3, -0.25) is 14.7 Å². The largest absolute Gasteiger partial charge is 0.356 e. The first-order valence-corrected chi connectivity index (χ1v) is 9.83. The summed E-state index contributed by atoms with van der Waals surface area (Å²) in [5, 5.41) is 3.52. The average molecular weight is 352 g/mol. The molecule has 0 saturated carbocycles. The number of carbonyl (C=O) groups excluding carboxylic acids is 1. The first-order chi connectivity index (χ1) is 11.9. The molecule has 2 aliphatic rings. The van der Waals surface area contributed by atoms with Crippen LogP contribution in [0, 0.1) is 11.8 Å². The summed E-state index contributed by atoms with van der Waals surface area (Å²) >= 11 is 0. The molecule has 2 aliphatic heterocycles. The number of guanidine groups is 1. The zero-order valence-electron chi connectivity index (χ0n) is 16.8. The molecule has 2 rings (SSSR count). The van der Waals surface area contributed by atoms with Gasteiger partial charge in [0.15, 0.2) is 5.96 Å². The van der Waals surface area contributed by atoms with Gasteiger partial charge in [0.1, 0.15) is 0 Å². The lowest BCUT2D eigenvalue weighted by molar-refractivity contribution is -0.133. The average Bonchev–Trinajstić information content (AvgIpc) is 3.01. The van der Waals surface area contributed by atoms with Crippen molar-refractivity contribution in [1.29, 1.82) is 0 Å². The van der Waals surface area contributed by atoms with E-state index in [1.54, 1.807) is 4.90 Å². The van der Waals surface area contributed by atoms with Crippen LogP contribution in [0.5, 0.6) is 0 Å². The van der Waals surface area contributed by atoms with Crippen LogP contribution in [-0.2, 0) is 4.79 Å². The number of nitrogens with zero attached hydrogens (tertiary/aromatic N) is 4. The number of likely N-dealkylation sites (tertiary alicyclic amines) is 2. The maximum Gasteiger partial charge on any atom is 0.239 e. The minimum absolute atomic E-state index is 0.0816. The molecule has 3 atom stereocenters. The second kappa shape index (κ2) is 9.41. The van der Waals surface area contributed by atoms with Gasteiger partial charge in [-0.25, -0.2) is 0 Å². The number of amides is 1. The zero-order chi connectivity index (χ0) is 18.4. The van der Waals surface area contributed by atoms with E-state index in [1.165, 1.54) is 6.42 Å². The van der Waals surface area contributed by atoms with Crippen molar-refractivity contribution in [2.75, 3.05) is 53.9 Å². The number of nitrogens with one attached hydrogen (secondary N) is 1. The fraction of sp³-hybridized carbons (Fsp3) is 0.895. The smallest absolute Gasteiger partial charge is 0.239 e. The van der Waals surface area contributed by atoms with E-state index in [-0.39, 0.29) is 11.9 Å². The minimum atomic E-state index is 0.0816. The van der Waals surface area contributed by atoms with Crippen LogP contribution < -0.4 is 5.32 Å². The Morgan fingerprint density at radius 2 is 1.92 bits per heavy atom. The molecule has 6 heteroatoms. The molecule has 3 unspecified atom stereocenters. The first kappa shape index (κ1) is 20.0. The van der Waals surface area contributed by atoms with Crippen molar-refractivity contribution < 1.29 is 4.79 Å². The van der Waals surface area contributed by atoms with Crippen LogP contribution in [0.1, 0.15) is 39.5 Å². The van der Waals surface area contributed by atoms with Crippen LogP contribution in [0.4, 0.5) is 0 Å². The molecule has 6 nitrogen and oxygen atoms in total. The highest BCUT2D eigenvalue weighted by molar-refractivity contribution is 5.81. The van der Waals surface area contributed by atoms with Crippen molar-refractivity contribution in [2.45, 2.75) is 45.6 Å². The van der Waals surface area contributed by atoms with Crippen molar-refractivity contribution in [3.63, 3.8) is 0 Å². The van der Waals surface area contributed by atoms with E-state index in [2.05, 4.69) is 34.0 Å². The fourth-order valence-corrected chi connectivity index (χ4v) is 4.32. The predicted molar refractivity (Wildman–Crippen MR) is 104 cm³/mol. The van der Waals surface area contributed by atoms with Gasteiger partial charge in [0.25, 0.3) is 0 Å². The van der Waals surface area contributed by atoms with Crippen LogP contribution in [-0.4, -0.2) is 86.5 Å². The van der Waals surface area contributed by atoms with Crippen molar-refractivity contribution in [3.8, 4) is 0 Å². The third kappa shape index (κ3) is 5.59. The van der Waals surface area contributed by atoms with Gasteiger partial charge in [-0.15, -0.1) is 0 Å². The summed E-state index contributed by atoms with van der Waals surface area (Å²) in [5.41, 5.74) is 0. The summed E-state index contributed by atoms with van der Waals surface area (Å²) in [6, 6.07) is 0.0816. The van der Waals surface area contributed by atoms with E-state index in [0.29, 0.717) is 0 Å². The lowest BCUT2D eigenvalue weighted by Gasteiger charge is -2.37. The Morgan fingerprint density at radius 1 is 1.24 bits per heavy atom. The Hall–Kier alpha value is -1.30. The van der Waals surface area contributed by atoms with E-state index in [0.717, 1.165) is 69.8 Å². The predicted octanol–water partition coefficient (Wildman–Crippen LogP) is 1.48. The molecular weight excluding hydrogens is 314 g/mol. The first-order valence-electron chi connectivity index (χ1n) is 9.83. The van der Waals surface area contributed by atoms with E-state index < -0.39 is 0 Å². The molecule has 2 saturated heterocycles. The van der Waals surface area contributed by atoms with E-state index in [4.69, 9.17) is 0 Å². The van der Waals surface area contributed by atoms with Crippen molar-refractivity contribution in [1.82, 2.24) is 20.0 Å². The molecule has 0 aromatic carbocycles. The van der Waals surface area contributed by atoms with Gasteiger partial charge in [0.05, 0.1) is 6.04 Å². The summed E-state index contributed by atoms with van der Waals surface area (Å²) in [6.07, 6.45) is 4.47. The topological polar surface area (TPSA) is 51.2 Å². The van der Waals surface area contributed by atoms with Gasteiger partial charge in [0.2, 0.25) is 5.91 Å². The van der Waals surface area contributed by atoms with Gasteiger partial charge in [0, 0.05) is 47.3 Å². The van der Waals surface area contributed by atoms with Crippen LogP contribution in [0.2, 0.25) is 0 Å². The van der Waals surface area contributed by atoms with Crippen LogP contribution in [0.25, 0.3) is 0 Å². The molecule has 0 aromatic heterocycles. The highest BCUT2D eigenvalue weighted by Crippen LogP contribution is 2.21. The molecule has 2 fully saturated rings. The molecule has 0 bridgehead atoms. The number of rotatable bonds is 5. The van der Waals surface area contributed by atoms with Crippen molar-refractivity contribution in [2.24, 2.45) is 16.8 Å². The summed E-state index contributed by atoms with van der Waals surface area (Å²) in [5.74, 6) is 2.73. The van der Waals surface area contributed by atoms with Gasteiger partial charge in [-0.2, -0.15) is 0 Å². The second-order valence-electron chi connectivity index (χ2n) is 8.11. The highest BCUT2D eigenvalue weighted by Gasteiger charge is 2.31. The molecule has 0 radical (unpaired) electrons. The van der Waals surface area contributed by atoms with Crippen molar-refractivity contribution in [3.05, 3.63) is 0 Å². The number of hydrogen-bond donors (Lipinski definition) is 1. The lowest BCUT2D eigenvalue weighted by atomic mass is 9.92. The number of piperidine rings is 1.